The highest BCUT2D eigenvalue weighted by Crippen LogP contribution is 2.23. The minimum atomic E-state index is -0.336. The Morgan fingerprint density at radius 3 is 2.83 bits per heavy atom. The lowest BCUT2D eigenvalue weighted by molar-refractivity contribution is 0.0511. The maximum atomic E-state index is 12.2. The van der Waals surface area contributed by atoms with Gasteiger partial charge in [-0.25, -0.2) is 4.79 Å². The molecule has 2 heterocycles. The van der Waals surface area contributed by atoms with Crippen molar-refractivity contribution in [2.45, 2.75) is 19.9 Å². The molecule has 0 fully saturated rings. The topological polar surface area (TPSA) is 59.4 Å². The Morgan fingerprint density at radius 2 is 2.12 bits per heavy atom. The average Bonchev–Trinajstić information content (AvgIpc) is 2.90. The van der Waals surface area contributed by atoms with Crippen LogP contribution in [0, 0.1) is 0 Å². The fourth-order valence-corrected chi connectivity index (χ4v) is 3.13. The molecular formula is C17H20N4O2S. The van der Waals surface area contributed by atoms with Gasteiger partial charge in [0.2, 0.25) is 0 Å². The number of benzene rings is 1. The van der Waals surface area contributed by atoms with E-state index < -0.39 is 0 Å². The minimum Gasteiger partial charge on any atom is -0.461 e. The lowest BCUT2D eigenvalue weighted by atomic mass is 10.1. The summed E-state index contributed by atoms with van der Waals surface area (Å²) < 4.78 is 6.77. The first-order chi connectivity index (χ1) is 11.6. The molecule has 1 aliphatic rings. The largest absolute Gasteiger partial charge is 0.461 e. The second kappa shape index (κ2) is 7.00. The molecule has 24 heavy (non-hydrogen) atoms. The smallest absolute Gasteiger partial charge is 0.356 e. The van der Waals surface area contributed by atoms with Crippen LogP contribution in [0.5, 0.6) is 0 Å². The fourth-order valence-electron chi connectivity index (χ4n) is 2.85. The molecule has 0 aliphatic carbocycles. The van der Waals surface area contributed by atoms with Gasteiger partial charge in [0.1, 0.15) is 0 Å². The Morgan fingerprint density at radius 1 is 1.38 bits per heavy atom. The molecule has 0 saturated heterocycles. The summed E-state index contributed by atoms with van der Waals surface area (Å²) in [4.78, 5) is 14.3. The number of nitrogens with zero attached hydrogens (tertiary/aromatic N) is 3. The van der Waals surface area contributed by atoms with Gasteiger partial charge in [0.15, 0.2) is 10.8 Å². The van der Waals surface area contributed by atoms with Gasteiger partial charge in [0.25, 0.3) is 0 Å². The highest BCUT2D eigenvalue weighted by atomic mass is 32.1. The number of rotatable bonds is 3. The van der Waals surface area contributed by atoms with Crippen molar-refractivity contribution in [1.29, 1.82) is 0 Å². The van der Waals surface area contributed by atoms with Crippen LogP contribution in [-0.4, -0.2) is 38.9 Å². The van der Waals surface area contributed by atoms with E-state index in [1.807, 2.05) is 30.3 Å². The van der Waals surface area contributed by atoms with Crippen LogP contribution in [-0.2, 0) is 24.8 Å². The predicted molar refractivity (Wildman–Crippen MR) is 95.9 cm³/mol. The maximum Gasteiger partial charge on any atom is 0.356 e. The summed E-state index contributed by atoms with van der Waals surface area (Å²) in [7, 11) is 1.77. The number of esters is 1. The molecule has 1 aliphatic heterocycles. The molecule has 2 aromatic rings. The van der Waals surface area contributed by atoms with Crippen molar-refractivity contribution in [2.24, 2.45) is 7.05 Å². The van der Waals surface area contributed by atoms with E-state index in [4.69, 9.17) is 17.0 Å². The number of hydrogen-bond acceptors (Lipinski definition) is 4. The number of aryl methyl sites for hydroxylation is 1. The van der Waals surface area contributed by atoms with Gasteiger partial charge in [-0.15, -0.1) is 0 Å². The molecule has 0 radical (unpaired) electrons. The molecule has 0 bridgehead atoms. The predicted octanol–water partition coefficient (Wildman–Crippen LogP) is 2.35. The average molecular weight is 344 g/mol. The van der Waals surface area contributed by atoms with Crippen molar-refractivity contribution in [1.82, 2.24) is 14.7 Å². The number of aromatic nitrogens is 2. The molecule has 7 heteroatoms. The lowest BCUT2D eigenvalue weighted by Gasteiger charge is -2.29. The number of carbonyl (C=O) groups is 1. The molecule has 0 spiro atoms. The quantitative estimate of drug-likeness (QED) is 0.681. The first-order valence-electron chi connectivity index (χ1n) is 7.93. The number of thiocarbonyl (C=S) groups is 1. The summed E-state index contributed by atoms with van der Waals surface area (Å²) in [5, 5.41) is 8.34. The Hall–Kier alpha value is -2.41. The number of ether oxygens (including phenoxy) is 1. The van der Waals surface area contributed by atoms with Crippen LogP contribution in [0.2, 0.25) is 0 Å². The van der Waals surface area contributed by atoms with Crippen LogP contribution in [0.25, 0.3) is 0 Å². The SMILES string of the molecule is CCOC(=O)c1c2c(nn1C)CCN(C(=S)Nc1ccccc1)C2. The summed E-state index contributed by atoms with van der Waals surface area (Å²) in [5.74, 6) is -0.336. The van der Waals surface area contributed by atoms with E-state index in [-0.39, 0.29) is 5.97 Å². The van der Waals surface area contributed by atoms with Gasteiger partial charge >= 0.3 is 5.97 Å². The van der Waals surface area contributed by atoms with Gasteiger partial charge in [-0.05, 0) is 31.3 Å². The molecule has 126 valence electrons. The number of anilines is 1. The number of carbonyl (C=O) groups excluding carboxylic acids is 1. The zero-order valence-corrected chi connectivity index (χ0v) is 14.6. The van der Waals surface area contributed by atoms with E-state index in [9.17, 15) is 4.79 Å². The van der Waals surface area contributed by atoms with Gasteiger partial charge in [0.05, 0.1) is 12.3 Å². The lowest BCUT2D eigenvalue weighted by Crippen LogP contribution is -2.39. The molecule has 1 aromatic carbocycles. The molecule has 0 atom stereocenters. The Kier molecular flexibility index (Phi) is 4.80. The van der Waals surface area contributed by atoms with Crippen molar-refractivity contribution in [2.75, 3.05) is 18.5 Å². The van der Waals surface area contributed by atoms with E-state index in [1.165, 1.54) is 0 Å². The summed E-state index contributed by atoms with van der Waals surface area (Å²) in [5.41, 5.74) is 3.31. The summed E-state index contributed by atoms with van der Waals surface area (Å²) >= 11 is 5.52. The van der Waals surface area contributed by atoms with Crippen molar-refractivity contribution >= 4 is 29.0 Å². The van der Waals surface area contributed by atoms with Crippen molar-refractivity contribution in [3.05, 3.63) is 47.3 Å². The molecule has 6 nitrogen and oxygen atoms in total. The maximum absolute atomic E-state index is 12.2. The second-order valence-corrected chi connectivity index (χ2v) is 5.97. The van der Waals surface area contributed by atoms with Crippen LogP contribution < -0.4 is 5.32 Å². The minimum absolute atomic E-state index is 0.336. The first kappa shape index (κ1) is 16.4. The van der Waals surface area contributed by atoms with Gasteiger partial charge in [0, 0.05) is 37.8 Å². The molecule has 0 unspecified atom stereocenters. The van der Waals surface area contributed by atoms with E-state index in [0.717, 1.165) is 29.9 Å². The third-order valence-corrected chi connectivity index (χ3v) is 4.34. The molecule has 0 saturated carbocycles. The van der Waals surface area contributed by atoms with Crippen LogP contribution in [0.15, 0.2) is 30.3 Å². The van der Waals surface area contributed by atoms with E-state index in [1.54, 1.807) is 18.7 Å². The van der Waals surface area contributed by atoms with Crippen molar-refractivity contribution in [3.63, 3.8) is 0 Å². The second-order valence-electron chi connectivity index (χ2n) is 5.59. The molecule has 0 amide bonds. The first-order valence-corrected chi connectivity index (χ1v) is 8.33. The molecular weight excluding hydrogens is 324 g/mol. The van der Waals surface area contributed by atoms with Crippen LogP contribution in [0.1, 0.15) is 28.7 Å². The van der Waals surface area contributed by atoms with Gasteiger partial charge in [-0.1, -0.05) is 18.2 Å². The number of hydrogen-bond donors (Lipinski definition) is 1. The van der Waals surface area contributed by atoms with Gasteiger partial charge in [-0.3, -0.25) is 4.68 Å². The van der Waals surface area contributed by atoms with Crippen LogP contribution in [0.4, 0.5) is 5.69 Å². The highest BCUT2D eigenvalue weighted by molar-refractivity contribution is 7.80. The van der Waals surface area contributed by atoms with Gasteiger partial charge in [-0.2, -0.15) is 5.10 Å². The third kappa shape index (κ3) is 3.26. The summed E-state index contributed by atoms with van der Waals surface area (Å²) in [6, 6.07) is 9.81. The zero-order valence-electron chi connectivity index (χ0n) is 13.8. The molecule has 1 aromatic heterocycles. The summed E-state index contributed by atoms with van der Waals surface area (Å²) in [6.45, 7) is 3.46. The Bertz CT molecular complexity index is 757. The van der Waals surface area contributed by atoms with Crippen LogP contribution >= 0.6 is 12.2 Å². The Labute approximate surface area is 146 Å². The highest BCUT2D eigenvalue weighted by Gasteiger charge is 2.28. The number of nitrogens with one attached hydrogen (secondary N) is 1. The van der Waals surface area contributed by atoms with Gasteiger partial charge < -0.3 is 15.0 Å². The fraction of sp³-hybridized carbons (Fsp3) is 0.353. The molecule has 1 N–H and O–H groups in total. The normalized spacial score (nSPS) is 13.3. The standard InChI is InChI=1S/C17H20N4O2S/c1-3-23-16(22)15-13-11-21(10-9-14(13)19-20(15)2)17(24)18-12-7-5-4-6-8-12/h4-8H,3,9-11H2,1-2H3,(H,18,24). The number of para-hydroxylation sites is 1. The zero-order chi connectivity index (χ0) is 17.1. The van der Waals surface area contributed by atoms with E-state index >= 15 is 0 Å². The monoisotopic (exact) mass is 344 g/mol. The van der Waals surface area contributed by atoms with E-state index in [2.05, 4.69) is 15.3 Å². The summed E-state index contributed by atoms with van der Waals surface area (Å²) in [6.07, 6.45) is 0.749. The van der Waals surface area contributed by atoms with E-state index in [0.29, 0.717) is 24.0 Å². The third-order valence-electron chi connectivity index (χ3n) is 3.98. The Balaban J connectivity index is 1.78. The number of fused-ring (bicyclic) bond motifs is 1. The van der Waals surface area contributed by atoms with Crippen LogP contribution in [0.3, 0.4) is 0 Å². The van der Waals surface area contributed by atoms with Crippen molar-refractivity contribution in [3.8, 4) is 0 Å². The van der Waals surface area contributed by atoms with Crippen molar-refractivity contribution < 1.29 is 9.53 Å². The molecule has 3 rings (SSSR count).